The molecule has 0 unspecified atom stereocenters. The molecule has 6 heteroatoms. The number of rotatable bonds is 53. The molecular formula is C62H110O6. The van der Waals surface area contributed by atoms with Crippen molar-refractivity contribution in [2.45, 2.75) is 303 Å². The van der Waals surface area contributed by atoms with E-state index in [0.29, 0.717) is 19.3 Å². The summed E-state index contributed by atoms with van der Waals surface area (Å²) in [5.41, 5.74) is 0. The van der Waals surface area contributed by atoms with E-state index in [9.17, 15) is 14.4 Å². The number of carbonyl (C=O) groups excluding carboxylic acids is 3. The van der Waals surface area contributed by atoms with E-state index in [-0.39, 0.29) is 31.1 Å². The second-order valence-corrected chi connectivity index (χ2v) is 19.5. The highest BCUT2D eigenvalue weighted by Crippen LogP contribution is 2.17. The average molecular weight is 952 g/mol. The first-order chi connectivity index (χ1) is 33.5. The molecule has 394 valence electrons. The van der Waals surface area contributed by atoms with Gasteiger partial charge in [-0.25, -0.2) is 0 Å². The minimum Gasteiger partial charge on any atom is -0.462 e. The Hall–Kier alpha value is -2.89. The lowest BCUT2D eigenvalue weighted by Crippen LogP contribution is -2.30. The van der Waals surface area contributed by atoms with Gasteiger partial charge in [-0.15, -0.1) is 0 Å². The molecule has 0 aromatic rings. The zero-order chi connectivity index (χ0) is 49.3. The highest BCUT2D eigenvalue weighted by atomic mass is 16.6. The first-order valence-corrected chi connectivity index (χ1v) is 29.3. The smallest absolute Gasteiger partial charge is 0.306 e. The number of ether oxygens (including phenoxy) is 3. The fourth-order valence-electron chi connectivity index (χ4n) is 8.41. The summed E-state index contributed by atoms with van der Waals surface area (Å²) < 4.78 is 16.9. The van der Waals surface area contributed by atoms with Crippen LogP contribution in [0.15, 0.2) is 60.8 Å². The predicted molar refractivity (Wildman–Crippen MR) is 293 cm³/mol. The Morgan fingerprint density at radius 2 is 0.574 bits per heavy atom. The van der Waals surface area contributed by atoms with E-state index in [1.54, 1.807) is 0 Å². The maximum Gasteiger partial charge on any atom is 0.306 e. The molecule has 0 aliphatic carbocycles. The van der Waals surface area contributed by atoms with Crippen LogP contribution in [0.4, 0.5) is 0 Å². The molecule has 0 aromatic carbocycles. The van der Waals surface area contributed by atoms with Crippen LogP contribution in [0, 0.1) is 0 Å². The molecule has 1 atom stereocenters. The number of esters is 3. The molecule has 6 nitrogen and oxygen atoms in total. The van der Waals surface area contributed by atoms with Crippen molar-refractivity contribution in [3.63, 3.8) is 0 Å². The predicted octanol–water partition coefficient (Wildman–Crippen LogP) is 19.6. The minimum atomic E-state index is -0.784. The molecule has 0 saturated heterocycles. The topological polar surface area (TPSA) is 78.9 Å². The molecule has 0 fully saturated rings. The second-order valence-electron chi connectivity index (χ2n) is 19.5. The van der Waals surface area contributed by atoms with Gasteiger partial charge in [0.05, 0.1) is 0 Å². The maximum atomic E-state index is 12.9. The Labute approximate surface area is 421 Å². The molecule has 0 heterocycles. The summed E-state index contributed by atoms with van der Waals surface area (Å²) in [7, 11) is 0. The van der Waals surface area contributed by atoms with Gasteiger partial charge in [-0.2, -0.15) is 0 Å². The van der Waals surface area contributed by atoms with Gasteiger partial charge in [0.1, 0.15) is 13.2 Å². The van der Waals surface area contributed by atoms with Crippen molar-refractivity contribution in [3.05, 3.63) is 60.8 Å². The largest absolute Gasteiger partial charge is 0.462 e. The minimum absolute atomic E-state index is 0.0806. The van der Waals surface area contributed by atoms with Crippen molar-refractivity contribution < 1.29 is 28.6 Å². The Balaban J connectivity index is 4.40. The summed E-state index contributed by atoms with van der Waals surface area (Å²) in [5, 5.41) is 0. The fourth-order valence-corrected chi connectivity index (χ4v) is 8.41. The summed E-state index contributed by atoms with van der Waals surface area (Å²) in [4.78, 5) is 38.2. The normalized spacial score (nSPS) is 12.5. The molecule has 0 aliphatic rings. The number of hydrogen-bond acceptors (Lipinski definition) is 6. The number of unbranched alkanes of at least 4 members (excludes halogenated alkanes) is 32. The van der Waals surface area contributed by atoms with E-state index in [1.165, 1.54) is 161 Å². The third kappa shape index (κ3) is 54.1. The van der Waals surface area contributed by atoms with Gasteiger partial charge >= 0.3 is 17.9 Å². The zero-order valence-corrected chi connectivity index (χ0v) is 45.1. The summed E-state index contributed by atoms with van der Waals surface area (Å²) in [5.74, 6) is -0.898. The van der Waals surface area contributed by atoms with Crippen LogP contribution in [-0.4, -0.2) is 37.2 Å². The van der Waals surface area contributed by atoms with Crippen molar-refractivity contribution in [1.29, 1.82) is 0 Å². The number of allylic oxidation sites excluding steroid dienone is 10. The van der Waals surface area contributed by atoms with Gasteiger partial charge in [-0.3, -0.25) is 14.4 Å². The monoisotopic (exact) mass is 951 g/mol. The first kappa shape index (κ1) is 65.1. The number of carbonyl (C=O) groups is 3. The Bertz CT molecular complexity index is 1230. The SMILES string of the molecule is CC/C=C\C/C=C\C/C=C\C/C=C\C/C=C\CCCCCC(=O)OC[C@@H](COC(=O)CCCCCCCCCCCCCCCC)OC(=O)CCCCCCCCCCCCCCCCCCC. The lowest BCUT2D eigenvalue weighted by Gasteiger charge is -2.18. The van der Waals surface area contributed by atoms with Crippen LogP contribution < -0.4 is 0 Å². The highest BCUT2D eigenvalue weighted by molar-refractivity contribution is 5.71. The quantitative estimate of drug-likeness (QED) is 0.0262. The van der Waals surface area contributed by atoms with Gasteiger partial charge in [-0.1, -0.05) is 274 Å². The van der Waals surface area contributed by atoms with E-state index >= 15 is 0 Å². The van der Waals surface area contributed by atoms with Crippen LogP contribution in [-0.2, 0) is 28.6 Å². The molecule has 68 heavy (non-hydrogen) atoms. The van der Waals surface area contributed by atoms with Crippen LogP contribution >= 0.6 is 0 Å². The molecule has 0 bridgehead atoms. The Morgan fingerprint density at radius 1 is 0.309 bits per heavy atom. The molecule has 0 spiro atoms. The van der Waals surface area contributed by atoms with Gasteiger partial charge in [-0.05, 0) is 64.2 Å². The van der Waals surface area contributed by atoms with Crippen LogP contribution in [0.3, 0.4) is 0 Å². The van der Waals surface area contributed by atoms with Gasteiger partial charge < -0.3 is 14.2 Å². The standard InChI is InChI=1S/C62H110O6/c1-4-7-10-13-16-19-22-25-28-30-31-33-34-37-40-43-46-49-52-55-61(64)67-58-59(57-66-60(63)54-51-48-45-42-39-36-27-24-21-18-15-12-9-6-3)68-62(65)56-53-50-47-44-41-38-35-32-29-26-23-20-17-14-11-8-5-2/h7,10,16,19,25,28,31,33,37,40,59H,4-6,8-9,11-15,17-18,20-24,26-27,29-30,32,34-36,38-39,41-58H2,1-3H3/b10-7-,19-16-,28-25-,33-31-,40-37-/t59-/m1/s1. The van der Waals surface area contributed by atoms with Crippen LogP contribution in [0.25, 0.3) is 0 Å². The summed E-state index contributed by atoms with van der Waals surface area (Å²) in [6, 6.07) is 0. The third-order valence-corrected chi connectivity index (χ3v) is 12.8. The van der Waals surface area contributed by atoms with Crippen LogP contribution in [0.2, 0.25) is 0 Å². The molecule has 0 aliphatic heterocycles. The van der Waals surface area contributed by atoms with Gasteiger partial charge in [0.2, 0.25) is 0 Å². The zero-order valence-electron chi connectivity index (χ0n) is 45.1. The summed E-state index contributed by atoms with van der Waals surface area (Å²) in [6.07, 6.45) is 70.7. The summed E-state index contributed by atoms with van der Waals surface area (Å²) in [6.45, 7) is 6.54. The summed E-state index contributed by atoms with van der Waals surface area (Å²) >= 11 is 0. The van der Waals surface area contributed by atoms with E-state index in [2.05, 4.69) is 81.5 Å². The Morgan fingerprint density at radius 3 is 0.897 bits per heavy atom. The second kappa shape index (κ2) is 56.7. The molecule has 0 amide bonds. The van der Waals surface area contributed by atoms with Crippen molar-refractivity contribution in [2.75, 3.05) is 13.2 Å². The molecule has 0 rings (SSSR count). The third-order valence-electron chi connectivity index (χ3n) is 12.8. The fraction of sp³-hybridized carbons (Fsp3) is 0.790. The lowest BCUT2D eigenvalue weighted by atomic mass is 10.0. The van der Waals surface area contributed by atoms with Crippen LogP contribution in [0.5, 0.6) is 0 Å². The molecule has 0 radical (unpaired) electrons. The van der Waals surface area contributed by atoms with Crippen molar-refractivity contribution >= 4 is 17.9 Å². The van der Waals surface area contributed by atoms with E-state index < -0.39 is 6.10 Å². The van der Waals surface area contributed by atoms with Crippen LogP contribution in [0.1, 0.15) is 297 Å². The molecule has 0 aromatic heterocycles. The van der Waals surface area contributed by atoms with Crippen molar-refractivity contribution in [2.24, 2.45) is 0 Å². The highest BCUT2D eigenvalue weighted by Gasteiger charge is 2.19. The molecule has 0 N–H and O–H groups in total. The van der Waals surface area contributed by atoms with E-state index in [4.69, 9.17) is 14.2 Å². The molecule has 0 saturated carbocycles. The van der Waals surface area contributed by atoms with E-state index in [1.807, 2.05) is 0 Å². The lowest BCUT2D eigenvalue weighted by molar-refractivity contribution is -0.167. The Kier molecular flexibility index (Phi) is 54.3. The first-order valence-electron chi connectivity index (χ1n) is 29.3. The van der Waals surface area contributed by atoms with E-state index in [0.717, 1.165) is 96.3 Å². The van der Waals surface area contributed by atoms with Gasteiger partial charge in [0.25, 0.3) is 0 Å². The molecular weight excluding hydrogens is 841 g/mol. The van der Waals surface area contributed by atoms with Crippen molar-refractivity contribution in [1.82, 2.24) is 0 Å². The maximum absolute atomic E-state index is 12.9. The van der Waals surface area contributed by atoms with Gasteiger partial charge in [0, 0.05) is 19.3 Å². The number of hydrogen-bond donors (Lipinski definition) is 0. The average Bonchev–Trinajstić information content (AvgIpc) is 3.34. The van der Waals surface area contributed by atoms with Crippen molar-refractivity contribution in [3.8, 4) is 0 Å². The van der Waals surface area contributed by atoms with Gasteiger partial charge in [0.15, 0.2) is 6.10 Å².